The highest BCUT2D eigenvalue weighted by molar-refractivity contribution is 7.09. The van der Waals surface area contributed by atoms with Crippen LogP contribution in [0.15, 0.2) is 5.38 Å². The predicted octanol–water partition coefficient (Wildman–Crippen LogP) is 2.68. The maximum absolute atomic E-state index is 10.7. The van der Waals surface area contributed by atoms with Crippen molar-refractivity contribution >= 4 is 17.6 Å². The lowest BCUT2D eigenvalue weighted by atomic mass is 9.99. The molecule has 0 unspecified atom stereocenters. The Morgan fingerprint density at radius 3 is 2.76 bits per heavy atom. The molecule has 1 fully saturated rings. The van der Waals surface area contributed by atoms with E-state index < -0.39 is 0 Å². The third-order valence-corrected chi connectivity index (χ3v) is 4.47. The number of carbonyl (C=O) groups excluding carboxylic acids is 1. The Hall–Kier alpha value is -0.740. The van der Waals surface area contributed by atoms with Crippen molar-refractivity contribution in [1.29, 1.82) is 0 Å². The van der Waals surface area contributed by atoms with E-state index in [1.54, 1.807) is 11.3 Å². The topological polar surface area (TPSA) is 33.2 Å². The minimum absolute atomic E-state index is 0.285. The van der Waals surface area contributed by atoms with Crippen LogP contribution in [0, 0.1) is 5.92 Å². The molecule has 0 N–H and O–H groups in total. The summed E-state index contributed by atoms with van der Waals surface area (Å²) in [6.07, 6.45) is 3.12. The van der Waals surface area contributed by atoms with Crippen LogP contribution in [0.3, 0.4) is 0 Å². The Kier molecular flexibility index (Phi) is 4.29. The first-order valence-electron chi connectivity index (χ1n) is 6.31. The van der Waals surface area contributed by atoms with Gasteiger partial charge in [-0.3, -0.25) is 4.90 Å². The van der Waals surface area contributed by atoms with E-state index in [1.807, 2.05) is 0 Å². The molecular formula is C13H20N2OS. The van der Waals surface area contributed by atoms with Crippen LogP contribution in [-0.4, -0.2) is 29.3 Å². The molecule has 0 aromatic carbocycles. The zero-order valence-electron chi connectivity index (χ0n) is 10.6. The second kappa shape index (κ2) is 5.74. The van der Waals surface area contributed by atoms with Crippen LogP contribution < -0.4 is 0 Å². The summed E-state index contributed by atoms with van der Waals surface area (Å²) in [6.45, 7) is 7.35. The molecule has 4 heteroatoms. The van der Waals surface area contributed by atoms with Crippen LogP contribution in [-0.2, 0) is 11.3 Å². The van der Waals surface area contributed by atoms with Gasteiger partial charge in [0, 0.05) is 23.8 Å². The van der Waals surface area contributed by atoms with Crippen LogP contribution >= 0.6 is 11.3 Å². The first kappa shape index (κ1) is 12.7. The van der Waals surface area contributed by atoms with Crippen LogP contribution in [0.1, 0.15) is 43.3 Å². The Balaban J connectivity index is 1.86. The SMILES string of the molecule is CC(C)c1nc(CN2CCC(C=O)CC2)cs1. The second-order valence-electron chi connectivity index (χ2n) is 5.08. The molecule has 0 radical (unpaired) electrons. The molecule has 0 atom stereocenters. The number of piperidine rings is 1. The number of hydrogen-bond donors (Lipinski definition) is 0. The average molecular weight is 252 g/mol. The van der Waals surface area contributed by atoms with Gasteiger partial charge in [-0.15, -0.1) is 11.3 Å². The van der Waals surface area contributed by atoms with Crippen molar-refractivity contribution < 1.29 is 4.79 Å². The molecule has 0 spiro atoms. The van der Waals surface area contributed by atoms with Crippen LogP contribution in [0.5, 0.6) is 0 Å². The zero-order chi connectivity index (χ0) is 12.3. The molecule has 0 saturated carbocycles. The van der Waals surface area contributed by atoms with Gasteiger partial charge in [0.2, 0.25) is 0 Å². The van der Waals surface area contributed by atoms with Gasteiger partial charge in [0.25, 0.3) is 0 Å². The van der Waals surface area contributed by atoms with Crippen molar-refractivity contribution in [2.24, 2.45) is 5.92 Å². The van der Waals surface area contributed by atoms with E-state index in [0.717, 1.165) is 38.8 Å². The van der Waals surface area contributed by atoms with Crippen molar-refractivity contribution in [3.05, 3.63) is 16.1 Å². The lowest BCUT2D eigenvalue weighted by Gasteiger charge is -2.28. The maximum atomic E-state index is 10.7. The van der Waals surface area contributed by atoms with Crippen LogP contribution in [0.4, 0.5) is 0 Å². The highest BCUT2D eigenvalue weighted by Gasteiger charge is 2.19. The largest absolute Gasteiger partial charge is 0.303 e. The summed E-state index contributed by atoms with van der Waals surface area (Å²) >= 11 is 1.76. The minimum Gasteiger partial charge on any atom is -0.303 e. The predicted molar refractivity (Wildman–Crippen MR) is 70.3 cm³/mol. The fourth-order valence-electron chi connectivity index (χ4n) is 2.14. The maximum Gasteiger partial charge on any atom is 0.123 e. The van der Waals surface area contributed by atoms with Gasteiger partial charge in [-0.1, -0.05) is 13.8 Å². The van der Waals surface area contributed by atoms with E-state index in [0.29, 0.717) is 5.92 Å². The first-order valence-corrected chi connectivity index (χ1v) is 7.19. The number of aromatic nitrogens is 1. The Labute approximate surface area is 107 Å². The van der Waals surface area contributed by atoms with Gasteiger partial charge in [0.05, 0.1) is 10.7 Å². The Bertz CT molecular complexity index is 367. The summed E-state index contributed by atoms with van der Waals surface area (Å²) in [5.74, 6) is 0.808. The van der Waals surface area contributed by atoms with Gasteiger partial charge in [-0.25, -0.2) is 4.98 Å². The van der Waals surface area contributed by atoms with E-state index >= 15 is 0 Å². The number of aldehydes is 1. The molecule has 94 valence electrons. The molecule has 3 nitrogen and oxygen atoms in total. The van der Waals surface area contributed by atoms with Crippen LogP contribution in [0.2, 0.25) is 0 Å². The van der Waals surface area contributed by atoms with Crippen molar-refractivity contribution in [1.82, 2.24) is 9.88 Å². The molecule has 2 rings (SSSR count). The van der Waals surface area contributed by atoms with Gasteiger partial charge >= 0.3 is 0 Å². The van der Waals surface area contributed by atoms with Gasteiger partial charge < -0.3 is 4.79 Å². The number of thiazole rings is 1. The quantitative estimate of drug-likeness (QED) is 0.772. The molecule has 1 aromatic rings. The Morgan fingerprint density at radius 2 is 2.24 bits per heavy atom. The van der Waals surface area contributed by atoms with E-state index in [1.165, 1.54) is 10.7 Å². The molecule has 1 saturated heterocycles. The first-order chi connectivity index (χ1) is 8.19. The summed E-state index contributed by atoms with van der Waals surface area (Å²) in [6, 6.07) is 0. The van der Waals surface area contributed by atoms with Gasteiger partial charge in [0.1, 0.15) is 6.29 Å². The molecule has 0 bridgehead atoms. The number of rotatable bonds is 4. The van der Waals surface area contributed by atoms with E-state index in [-0.39, 0.29) is 5.92 Å². The van der Waals surface area contributed by atoms with E-state index in [9.17, 15) is 4.79 Å². The molecule has 1 aliphatic heterocycles. The van der Waals surface area contributed by atoms with Gasteiger partial charge in [-0.2, -0.15) is 0 Å². The van der Waals surface area contributed by atoms with Gasteiger partial charge in [0.15, 0.2) is 0 Å². The van der Waals surface area contributed by atoms with Crippen molar-refractivity contribution in [3.8, 4) is 0 Å². The lowest BCUT2D eigenvalue weighted by molar-refractivity contribution is -0.112. The van der Waals surface area contributed by atoms with E-state index in [2.05, 4.69) is 29.1 Å². The molecule has 2 heterocycles. The molecule has 0 amide bonds. The second-order valence-corrected chi connectivity index (χ2v) is 5.97. The smallest absolute Gasteiger partial charge is 0.123 e. The number of hydrogen-bond acceptors (Lipinski definition) is 4. The van der Waals surface area contributed by atoms with Crippen molar-refractivity contribution in [3.63, 3.8) is 0 Å². The Morgan fingerprint density at radius 1 is 1.53 bits per heavy atom. The minimum atomic E-state index is 0.285. The summed E-state index contributed by atoms with van der Waals surface area (Å²) < 4.78 is 0. The number of carbonyl (C=O) groups is 1. The summed E-state index contributed by atoms with van der Waals surface area (Å²) in [7, 11) is 0. The summed E-state index contributed by atoms with van der Waals surface area (Å²) in [5.41, 5.74) is 1.18. The molecule has 1 aliphatic rings. The molecule has 17 heavy (non-hydrogen) atoms. The number of nitrogens with zero attached hydrogens (tertiary/aromatic N) is 2. The highest BCUT2D eigenvalue weighted by Crippen LogP contribution is 2.22. The summed E-state index contributed by atoms with van der Waals surface area (Å²) in [4.78, 5) is 17.7. The highest BCUT2D eigenvalue weighted by atomic mass is 32.1. The molecule has 0 aliphatic carbocycles. The standard InChI is InChI=1S/C13H20N2OS/c1-10(2)13-14-12(9-17-13)7-15-5-3-11(8-16)4-6-15/h8-11H,3-7H2,1-2H3. The number of likely N-dealkylation sites (tertiary alicyclic amines) is 1. The zero-order valence-corrected chi connectivity index (χ0v) is 11.4. The summed E-state index contributed by atoms with van der Waals surface area (Å²) in [5, 5.41) is 3.39. The third-order valence-electron chi connectivity index (χ3n) is 3.27. The third kappa shape index (κ3) is 3.36. The fraction of sp³-hybridized carbons (Fsp3) is 0.692. The van der Waals surface area contributed by atoms with Crippen molar-refractivity contribution in [2.75, 3.05) is 13.1 Å². The average Bonchev–Trinajstić information content (AvgIpc) is 2.79. The normalized spacial score (nSPS) is 18.8. The van der Waals surface area contributed by atoms with Crippen molar-refractivity contribution in [2.45, 2.75) is 39.2 Å². The fourth-order valence-corrected chi connectivity index (χ4v) is 2.96. The lowest BCUT2D eigenvalue weighted by Crippen LogP contribution is -2.33. The van der Waals surface area contributed by atoms with E-state index in [4.69, 9.17) is 0 Å². The monoisotopic (exact) mass is 252 g/mol. The molecular weight excluding hydrogens is 232 g/mol. The van der Waals surface area contributed by atoms with Gasteiger partial charge in [-0.05, 0) is 25.9 Å². The molecule has 1 aromatic heterocycles. The van der Waals surface area contributed by atoms with Crippen LogP contribution in [0.25, 0.3) is 0 Å².